The van der Waals surface area contributed by atoms with Gasteiger partial charge in [0.2, 0.25) is 5.76 Å². The van der Waals surface area contributed by atoms with E-state index in [1.165, 1.54) is 23.6 Å². The van der Waals surface area contributed by atoms with Gasteiger partial charge in [0.05, 0.1) is 22.2 Å². The van der Waals surface area contributed by atoms with Crippen molar-refractivity contribution >= 4 is 50.9 Å². The number of aromatic nitrogens is 1. The van der Waals surface area contributed by atoms with E-state index in [1.807, 2.05) is 44.2 Å². The molecule has 2 heterocycles. The lowest BCUT2D eigenvalue weighted by atomic mass is 9.48. The van der Waals surface area contributed by atoms with Gasteiger partial charge in [0.15, 0.2) is 21.5 Å². The molecule has 0 aliphatic heterocycles. The van der Waals surface area contributed by atoms with E-state index in [2.05, 4.69) is 19.9 Å². The smallest absolute Gasteiger partial charge is 0.375 e. The Bertz CT molecular complexity index is 1550. The normalized spacial score (nSPS) is 28.6. The summed E-state index contributed by atoms with van der Waals surface area (Å²) >= 11 is 2.99. The Morgan fingerprint density at radius 3 is 2.74 bits per heavy atom. The molecule has 0 amide bonds. The van der Waals surface area contributed by atoms with Gasteiger partial charge >= 0.3 is 5.97 Å². The summed E-state index contributed by atoms with van der Waals surface area (Å²) in [5.74, 6) is 0.0772. The molecule has 0 spiro atoms. The molecule has 2 fully saturated rings. The Morgan fingerprint density at radius 1 is 1.19 bits per heavy atom. The van der Waals surface area contributed by atoms with Crippen LogP contribution in [-0.2, 0) is 14.3 Å². The summed E-state index contributed by atoms with van der Waals surface area (Å²) in [6.07, 6.45) is 11.3. The highest BCUT2D eigenvalue weighted by Crippen LogP contribution is 2.62. The van der Waals surface area contributed by atoms with Crippen molar-refractivity contribution in [1.29, 1.82) is 0 Å². The zero-order valence-electron chi connectivity index (χ0n) is 24.6. The molecular formula is C34H37NO5S2. The van der Waals surface area contributed by atoms with Crippen molar-refractivity contribution in [3.8, 4) is 0 Å². The van der Waals surface area contributed by atoms with Crippen molar-refractivity contribution in [2.75, 3.05) is 5.75 Å². The van der Waals surface area contributed by atoms with E-state index in [-0.39, 0.29) is 34.4 Å². The number of furan rings is 1. The fourth-order valence-electron chi connectivity index (χ4n) is 8.14. The second-order valence-electron chi connectivity index (χ2n) is 12.8. The van der Waals surface area contributed by atoms with Crippen LogP contribution in [0, 0.1) is 28.6 Å². The third-order valence-corrected chi connectivity index (χ3v) is 12.3. The Hall–Kier alpha value is -2.97. The van der Waals surface area contributed by atoms with E-state index in [4.69, 9.17) is 14.1 Å². The third kappa shape index (κ3) is 4.80. The van der Waals surface area contributed by atoms with E-state index >= 15 is 0 Å². The maximum Gasteiger partial charge on any atom is 0.375 e. The number of nitrogens with zero attached hydrogens (tertiary/aromatic N) is 1. The maximum atomic E-state index is 14.6. The van der Waals surface area contributed by atoms with Gasteiger partial charge in [-0.2, -0.15) is 0 Å². The number of carbonyl (C=O) groups excluding carboxylic acids is 3. The van der Waals surface area contributed by atoms with E-state index in [1.54, 1.807) is 29.5 Å². The number of thiazole rings is 1. The SMILES string of the molecule is CC(C)[C@](OC(=O)c1ccco1)(C(=O)CSc1nc2ccccc2s1)C1(C)CCC2C(CCC3=CC(=O)C=CC32C)C1. The number of carbonyl (C=O) groups is 3. The van der Waals surface area contributed by atoms with Crippen molar-refractivity contribution < 1.29 is 23.5 Å². The lowest BCUT2D eigenvalue weighted by Crippen LogP contribution is -2.62. The highest BCUT2D eigenvalue weighted by Gasteiger charge is 2.62. The minimum Gasteiger partial charge on any atom is -0.457 e. The van der Waals surface area contributed by atoms with Gasteiger partial charge in [-0.15, -0.1) is 11.3 Å². The predicted octanol–water partition coefficient (Wildman–Crippen LogP) is 8.09. The van der Waals surface area contributed by atoms with E-state index < -0.39 is 17.0 Å². The Balaban J connectivity index is 1.33. The van der Waals surface area contributed by atoms with Crippen LogP contribution >= 0.6 is 23.1 Å². The summed E-state index contributed by atoms with van der Waals surface area (Å²) in [4.78, 5) is 45.0. The molecule has 6 nitrogen and oxygen atoms in total. The average molecular weight is 604 g/mol. The van der Waals surface area contributed by atoms with E-state index in [0.29, 0.717) is 11.8 Å². The first-order valence-corrected chi connectivity index (χ1v) is 16.6. The van der Waals surface area contributed by atoms with Crippen LogP contribution in [-0.4, -0.2) is 33.9 Å². The van der Waals surface area contributed by atoms with Gasteiger partial charge in [-0.3, -0.25) is 9.59 Å². The Morgan fingerprint density at radius 2 is 2.00 bits per heavy atom. The number of Topliss-reactive ketones (excluding diaryl/α,β-unsaturated/α-hetero) is 1. The van der Waals surface area contributed by atoms with Gasteiger partial charge in [0.25, 0.3) is 0 Å². The first kappa shape index (κ1) is 29.1. The summed E-state index contributed by atoms with van der Waals surface area (Å²) in [7, 11) is 0. The number of ketones is 2. The van der Waals surface area contributed by atoms with Gasteiger partial charge in [0.1, 0.15) is 0 Å². The molecule has 5 atom stereocenters. The third-order valence-electron chi connectivity index (χ3n) is 10.1. The number of rotatable bonds is 8. The molecule has 0 radical (unpaired) electrons. The van der Waals surface area contributed by atoms with Crippen molar-refractivity contribution in [1.82, 2.24) is 4.98 Å². The monoisotopic (exact) mass is 603 g/mol. The number of fused-ring (bicyclic) bond motifs is 4. The van der Waals surface area contributed by atoms with Gasteiger partial charge in [0, 0.05) is 16.7 Å². The van der Waals surface area contributed by atoms with Crippen molar-refractivity contribution in [3.05, 3.63) is 72.2 Å². The van der Waals surface area contributed by atoms with Crippen LogP contribution in [0.1, 0.15) is 70.4 Å². The minimum atomic E-state index is -1.35. The summed E-state index contributed by atoms with van der Waals surface area (Å²) in [5.41, 5.74) is 0.0564. The molecule has 3 aromatic rings. The number of hydrogen-bond donors (Lipinski definition) is 0. The molecule has 42 heavy (non-hydrogen) atoms. The largest absolute Gasteiger partial charge is 0.457 e. The van der Waals surface area contributed by atoms with E-state index in [0.717, 1.165) is 46.7 Å². The number of allylic oxidation sites excluding steroid dienone is 4. The fourth-order valence-corrected chi connectivity index (χ4v) is 10.1. The molecule has 8 heteroatoms. The molecular weight excluding hydrogens is 567 g/mol. The first-order valence-electron chi connectivity index (χ1n) is 14.8. The molecule has 1 aromatic carbocycles. The molecule has 220 valence electrons. The first-order chi connectivity index (χ1) is 20.1. The van der Waals surface area contributed by atoms with Crippen LogP contribution in [0.2, 0.25) is 0 Å². The molecule has 6 rings (SSSR count). The van der Waals surface area contributed by atoms with Crippen LogP contribution < -0.4 is 0 Å². The lowest BCUT2D eigenvalue weighted by Gasteiger charge is -2.58. The predicted molar refractivity (Wildman–Crippen MR) is 166 cm³/mol. The van der Waals surface area contributed by atoms with Gasteiger partial charge in [-0.25, -0.2) is 9.78 Å². The summed E-state index contributed by atoms with van der Waals surface area (Å²) in [5, 5.41) is 0. The van der Waals surface area contributed by atoms with Crippen LogP contribution in [0.5, 0.6) is 0 Å². The highest BCUT2D eigenvalue weighted by atomic mass is 32.2. The molecule has 0 saturated heterocycles. The molecule has 3 aliphatic carbocycles. The summed E-state index contributed by atoms with van der Waals surface area (Å²) in [6.45, 7) is 8.39. The molecule has 3 aliphatic rings. The quantitative estimate of drug-likeness (QED) is 0.190. The van der Waals surface area contributed by atoms with Gasteiger partial charge in [-0.1, -0.05) is 63.2 Å². The summed E-state index contributed by atoms with van der Waals surface area (Å²) in [6, 6.07) is 11.2. The second kappa shape index (κ2) is 10.9. The zero-order valence-corrected chi connectivity index (χ0v) is 26.2. The standard InChI is InChI=1S/C34H37NO5S2/c1-21(2)34(40-30(38)27-9-7-17-39-27,29(37)20-41-31-35-26-8-5-6-10-28(26)42-31)32(3)15-14-25-22(19-32)11-12-23-18-24(36)13-16-33(23,25)4/h5-10,13,16-18,21-22,25H,11-12,14-15,19-20H2,1-4H3/t22?,25?,32?,33?,34-/m0/s1. The average Bonchev–Trinajstić information content (AvgIpc) is 3.65. The topological polar surface area (TPSA) is 86.5 Å². The van der Waals surface area contributed by atoms with Crippen molar-refractivity contribution in [2.24, 2.45) is 28.6 Å². The zero-order chi connectivity index (χ0) is 29.7. The number of para-hydroxylation sites is 1. The number of esters is 1. The molecule has 0 N–H and O–H groups in total. The Kier molecular flexibility index (Phi) is 7.59. The van der Waals surface area contributed by atoms with Crippen molar-refractivity contribution in [2.45, 2.75) is 69.7 Å². The van der Waals surface area contributed by atoms with Crippen LogP contribution in [0.25, 0.3) is 10.2 Å². The van der Waals surface area contributed by atoms with Gasteiger partial charge < -0.3 is 9.15 Å². The van der Waals surface area contributed by atoms with Gasteiger partial charge in [-0.05, 0) is 80.4 Å². The number of benzene rings is 1. The lowest BCUT2D eigenvalue weighted by molar-refractivity contribution is -0.174. The molecule has 4 unspecified atom stereocenters. The number of ether oxygens (including phenoxy) is 1. The van der Waals surface area contributed by atoms with Crippen LogP contribution in [0.3, 0.4) is 0 Å². The molecule has 2 aromatic heterocycles. The number of thioether (sulfide) groups is 1. The molecule has 2 saturated carbocycles. The van der Waals surface area contributed by atoms with Crippen molar-refractivity contribution in [3.63, 3.8) is 0 Å². The number of hydrogen-bond acceptors (Lipinski definition) is 8. The second-order valence-corrected chi connectivity index (χ2v) is 15.1. The van der Waals surface area contributed by atoms with Crippen LogP contribution in [0.15, 0.2) is 75.2 Å². The Labute approximate surface area is 255 Å². The minimum absolute atomic E-state index is 0.0708. The maximum absolute atomic E-state index is 14.6. The molecule has 0 bridgehead atoms. The van der Waals surface area contributed by atoms with E-state index in [9.17, 15) is 14.4 Å². The highest BCUT2D eigenvalue weighted by molar-refractivity contribution is 8.01. The summed E-state index contributed by atoms with van der Waals surface area (Å²) < 4.78 is 13.8. The van der Waals surface area contributed by atoms with Crippen LogP contribution in [0.4, 0.5) is 0 Å². The fraction of sp³-hybridized carbons (Fsp3) is 0.471.